The maximum Gasteiger partial charge on any atom is 0.438 e. The second-order valence-electron chi connectivity index (χ2n) is 6.24. The van der Waals surface area contributed by atoms with Gasteiger partial charge in [0.05, 0.1) is 17.8 Å². The molecule has 0 fully saturated rings. The van der Waals surface area contributed by atoms with Crippen LogP contribution in [0.25, 0.3) is 11.3 Å². The highest BCUT2D eigenvalue weighted by molar-refractivity contribution is 9.10. The molecule has 1 aliphatic heterocycles. The molecule has 2 heterocycles. The zero-order chi connectivity index (χ0) is 19.9. The molecule has 1 atom stereocenters. The Kier molecular flexibility index (Phi) is 4.76. The number of alkyl halides is 3. The molecule has 4 rings (SSSR count). The van der Waals surface area contributed by atoms with Crippen molar-refractivity contribution in [2.24, 2.45) is 5.10 Å². The van der Waals surface area contributed by atoms with Crippen LogP contribution >= 0.6 is 27.3 Å². The van der Waals surface area contributed by atoms with E-state index >= 15 is 0 Å². The third-order valence-corrected chi connectivity index (χ3v) is 5.70. The van der Waals surface area contributed by atoms with Crippen molar-refractivity contribution >= 4 is 38.1 Å². The number of rotatable bonds is 3. The molecule has 0 bridgehead atoms. The minimum atomic E-state index is -4.91. The lowest BCUT2D eigenvalue weighted by molar-refractivity contribution is -0.254. The Balaban J connectivity index is 1.75. The molecule has 1 aromatic heterocycles. The largest absolute Gasteiger partial charge is 0.438 e. The van der Waals surface area contributed by atoms with Crippen molar-refractivity contribution in [3.8, 4) is 11.3 Å². The number of nitrogens with zero attached hydrogens (tertiary/aromatic N) is 3. The number of hydrazone groups is 1. The summed E-state index contributed by atoms with van der Waals surface area (Å²) in [6, 6.07) is 15.8. The Morgan fingerprint density at radius 2 is 1.71 bits per heavy atom. The van der Waals surface area contributed by atoms with Gasteiger partial charge in [0.25, 0.3) is 5.72 Å². The fourth-order valence-corrected chi connectivity index (χ4v) is 3.99. The second-order valence-corrected chi connectivity index (χ2v) is 7.99. The van der Waals surface area contributed by atoms with Gasteiger partial charge >= 0.3 is 6.18 Å². The number of halogens is 4. The van der Waals surface area contributed by atoms with Crippen LogP contribution in [-0.2, 0) is 0 Å². The minimum Gasteiger partial charge on any atom is -0.362 e. The molecule has 2 aromatic carbocycles. The number of aliphatic hydroxyl groups is 1. The molecule has 28 heavy (non-hydrogen) atoms. The first-order chi connectivity index (χ1) is 13.3. The molecule has 0 radical (unpaired) electrons. The van der Waals surface area contributed by atoms with Crippen LogP contribution in [-0.4, -0.2) is 27.7 Å². The van der Waals surface area contributed by atoms with Gasteiger partial charge in [-0.05, 0) is 17.7 Å². The van der Waals surface area contributed by atoms with Crippen LogP contribution in [0.4, 0.5) is 18.3 Å². The molecule has 0 amide bonds. The van der Waals surface area contributed by atoms with Crippen molar-refractivity contribution in [2.45, 2.75) is 18.3 Å². The monoisotopic (exact) mass is 467 g/mol. The fraction of sp³-hybridized carbons (Fsp3) is 0.158. The van der Waals surface area contributed by atoms with E-state index in [-0.39, 0.29) is 10.8 Å². The molecule has 0 aliphatic carbocycles. The maximum atomic E-state index is 13.8. The molecule has 4 nitrogen and oxygen atoms in total. The summed E-state index contributed by atoms with van der Waals surface area (Å²) in [7, 11) is 0. The average Bonchev–Trinajstić information content (AvgIpc) is 3.28. The average molecular weight is 468 g/mol. The van der Waals surface area contributed by atoms with Gasteiger partial charge in [0.2, 0.25) is 5.13 Å². The highest BCUT2D eigenvalue weighted by atomic mass is 79.9. The standard InChI is InChI=1S/C19H13BrF3N3OS/c20-14-8-6-13(7-9-14)15-10-18(27,19(21,22)23)26(25-15)17-24-16(11-28-17)12-4-2-1-3-5-12/h1-9,11,27H,10H2/t18-/m0/s1. The summed E-state index contributed by atoms with van der Waals surface area (Å²) in [6.45, 7) is 0. The van der Waals surface area contributed by atoms with Crippen LogP contribution in [0.3, 0.4) is 0 Å². The van der Waals surface area contributed by atoms with Gasteiger partial charge in [-0.15, -0.1) is 11.3 Å². The molecule has 3 aromatic rings. The van der Waals surface area contributed by atoms with E-state index in [1.54, 1.807) is 29.6 Å². The lowest BCUT2D eigenvalue weighted by Crippen LogP contribution is -2.55. The smallest absolute Gasteiger partial charge is 0.362 e. The number of thiazole rings is 1. The Hall–Kier alpha value is -2.23. The predicted octanol–water partition coefficient (Wildman–Crippen LogP) is 5.44. The fourth-order valence-electron chi connectivity index (χ4n) is 2.87. The zero-order valence-electron chi connectivity index (χ0n) is 14.2. The molecular weight excluding hydrogens is 455 g/mol. The molecule has 0 spiro atoms. The maximum absolute atomic E-state index is 13.8. The SMILES string of the molecule is O[C@]1(C(F)(F)F)CC(c2ccc(Br)cc2)=NN1c1nc(-c2ccccc2)cs1. The molecular formula is C19H13BrF3N3OS. The lowest BCUT2D eigenvalue weighted by atomic mass is 10.0. The van der Waals surface area contributed by atoms with Gasteiger partial charge in [-0.2, -0.15) is 23.3 Å². The Morgan fingerprint density at radius 3 is 2.36 bits per heavy atom. The lowest BCUT2D eigenvalue weighted by Gasteiger charge is -2.32. The number of hydrogen-bond acceptors (Lipinski definition) is 5. The highest BCUT2D eigenvalue weighted by Crippen LogP contribution is 2.45. The van der Waals surface area contributed by atoms with Gasteiger partial charge in [0.1, 0.15) is 0 Å². The van der Waals surface area contributed by atoms with Crippen LogP contribution in [0, 0.1) is 0 Å². The van der Waals surface area contributed by atoms with Crippen molar-refractivity contribution in [1.29, 1.82) is 0 Å². The number of aromatic nitrogens is 1. The van der Waals surface area contributed by atoms with Crippen LogP contribution in [0.15, 0.2) is 69.6 Å². The molecule has 1 N–H and O–H groups in total. The van der Waals surface area contributed by atoms with E-state index < -0.39 is 18.3 Å². The van der Waals surface area contributed by atoms with Gasteiger partial charge in [-0.3, -0.25) is 0 Å². The molecule has 0 unspecified atom stereocenters. The van der Waals surface area contributed by atoms with Crippen molar-refractivity contribution in [3.05, 3.63) is 70.0 Å². The summed E-state index contributed by atoms with van der Waals surface area (Å²) in [6.07, 6.45) is -5.59. The first-order valence-electron chi connectivity index (χ1n) is 8.22. The first-order valence-corrected chi connectivity index (χ1v) is 9.89. The van der Waals surface area contributed by atoms with Gasteiger partial charge in [-0.1, -0.05) is 58.4 Å². The predicted molar refractivity (Wildman–Crippen MR) is 106 cm³/mol. The summed E-state index contributed by atoms with van der Waals surface area (Å²) in [5.41, 5.74) is -1.20. The van der Waals surface area contributed by atoms with Crippen LogP contribution in [0.5, 0.6) is 0 Å². The third kappa shape index (κ3) is 3.34. The third-order valence-electron chi connectivity index (χ3n) is 4.36. The normalized spacial score (nSPS) is 19.8. The molecule has 0 saturated heterocycles. The van der Waals surface area contributed by atoms with E-state index in [0.29, 0.717) is 16.3 Å². The van der Waals surface area contributed by atoms with Gasteiger partial charge in [0, 0.05) is 15.4 Å². The summed E-state index contributed by atoms with van der Waals surface area (Å²) in [4.78, 5) is 4.28. The summed E-state index contributed by atoms with van der Waals surface area (Å²) >= 11 is 4.29. The van der Waals surface area contributed by atoms with Gasteiger partial charge < -0.3 is 5.11 Å². The van der Waals surface area contributed by atoms with Crippen molar-refractivity contribution in [2.75, 3.05) is 5.01 Å². The molecule has 144 valence electrons. The zero-order valence-corrected chi connectivity index (χ0v) is 16.6. The topological polar surface area (TPSA) is 48.7 Å². The Bertz CT molecular complexity index is 1020. The Labute approximate surface area is 171 Å². The van der Waals surface area contributed by atoms with Crippen LogP contribution in [0.2, 0.25) is 0 Å². The van der Waals surface area contributed by atoms with E-state index in [4.69, 9.17) is 0 Å². The summed E-state index contributed by atoms with van der Waals surface area (Å²) in [5, 5.41) is 16.9. The summed E-state index contributed by atoms with van der Waals surface area (Å²) < 4.78 is 42.1. The van der Waals surface area contributed by atoms with E-state index in [1.165, 1.54) is 0 Å². The van der Waals surface area contributed by atoms with E-state index in [9.17, 15) is 18.3 Å². The second kappa shape index (κ2) is 6.98. The van der Waals surface area contributed by atoms with Crippen molar-refractivity contribution in [1.82, 2.24) is 4.98 Å². The van der Waals surface area contributed by atoms with Gasteiger partial charge in [-0.25, -0.2) is 4.98 Å². The van der Waals surface area contributed by atoms with Crippen LogP contribution < -0.4 is 5.01 Å². The van der Waals surface area contributed by atoms with Crippen molar-refractivity contribution in [3.63, 3.8) is 0 Å². The molecule has 9 heteroatoms. The van der Waals surface area contributed by atoms with E-state index in [2.05, 4.69) is 26.0 Å². The van der Waals surface area contributed by atoms with Gasteiger partial charge in [0.15, 0.2) is 0 Å². The quantitative estimate of drug-likeness (QED) is 0.557. The van der Waals surface area contributed by atoms with E-state index in [1.807, 2.05) is 30.3 Å². The van der Waals surface area contributed by atoms with E-state index in [0.717, 1.165) is 21.4 Å². The number of anilines is 1. The van der Waals surface area contributed by atoms with Crippen LogP contribution in [0.1, 0.15) is 12.0 Å². The molecule has 1 aliphatic rings. The number of benzene rings is 2. The van der Waals surface area contributed by atoms with Crippen molar-refractivity contribution < 1.29 is 18.3 Å². The molecule has 0 saturated carbocycles. The first kappa shape index (κ1) is 19.1. The highest BCUT2D eigenvalue weighted by Gasteiger charge is 2.62. The minimum absolute atomic E-state index is 0.0224. The summed E-state index contributed by atoms with van der Waals surface area (Å²) in [5.74, 6) is 0. The number of hydrogen-bond donors (Lipinski definition) is 1. The Morgan fingerprint density at radius 1 is 1.04 bits per heavy atom.